The van der Waals surface area contributed by atoms with Gasteiger partial charge >= 0.3 is 0 Å². The van der Waals surface area contributed by atoms with Gasteiger partial charge in [0.1, 0.15) is 10.9 Å². The Hall–Kier alpha value is -0.910. The maximum atomic E-state index is 5.89. The molecular weight excluding hydrogens is 260 g/mol. The quantitative estimate of drug-likeness (QED) is 0.787. The zero-order valence-corrected chi connectivity index (χ0v) is 10.8. The number of halogens is 1. The Morgan fingerprint density at radius 1 is 1.53 bits per heavy atom. The van der Waals surface area contributed by atoms with Gasteiger partial charge in [0.2, 0.25) is 11.2 Å². The minimum absolute atomic E-state index is 0.0735. The second-order valence-corrected chi connectivity index (χ2v) is 5.55. The molecule has 0 radical (unpaired) electrons. The predicted octanol–water partition coefficient (Wildman–Crippen LogP) is 2.82. The lowest BCUT2D eigenvalue weighted by atomic mass is 10.3. The molecule has 1 unspecified atom stereocenters. The lowest BCUT2D eigenvalue weighted by molar-refractivity contribution is 0.139. The van der Waals surface area contributed by atoms with Gasteiger partial charge in [-0.25, -0.2) is 4.98 Å². The number of hydrogen-bond acceptors (Lipinski definition) is 5. The van der Waals surface area contributed by atoms with E-state index in [9.17, 15) is 0 Å². The largest absolute Gasteiger partial charge is 0.471 e. The van der Waals surface area contributed by atoms with Crippen molar-refractivity contribution in [3.8, 4) is 5.88 Å². The van der Waals surface area contributed by atoms with Crippen molar-refractivity contribution in [3.05, 3.63) is 16.2 Å². The second-order valence-electron chi connectivity index (χ2n) is 3.98. The fraction of sp³-hybridized carbons (Fsp3) is 0.455. The van der Waals surface area contributed by atoms with E-state index in [1.165, 1.54) is 4.88 Å². The standard InChI is InChI=1S/C11H11ClN2O2S/c1-6-4-8-9(16-7-2-3-15-5-7)13-11(12)14-10(8)17-6/h4,7H,2-3,5H2,1H3. The molecule has 3 heterocycles. The molecule has 2 aromatic heterocycles. The van der Waals surface area contributed by atoms with Gasteiger partial charge in [0.05, 0.1) is 18.6 Å². The molecule has 0 N–H and O–H groups in total. The molecule has 0 bridgehead atoms. The molecule has 1 atom stereocenters. The molecule has 2 aromatic rings. The summed E-state index contributed by atoms with van der Waals surface area (Å²) in [7, 11) is 0. The van der Waals surface area contributed by atoms with E-state index in [0.717, 1.165) is 23.2 Å². The summed E-state index contributed by atoms with van der Waals surface area (Å²) in [5, 5.41) is 1.16. The van der Waals surface area contributed by atoms with Crippen molar-refractivity contribution < 1.29 is 9.47 Å². The van der Waals surface area contributed by atoms with Crippen LogP contribution in [-0.4, -0.2) is 29.3 Å². The molecule has 0 spiro atoms. The Labute approximate surface area is 108 Å². The first kappa shape index (κ1) is 11.2. The molecule has 0 aromatic carbocycles. The van der Waals surface area contributed by atoms with E-state index >= 15 is 0 Å². The van der Waals surface area contributed by atoms with Crippen molar-refractivity contribution in [2.24, 2.45) is 0 Å². The average molecular weight is 271 g/mol. The van der Waals surface area contributed by atoms with Crippen molar-refractivity contribution in [2.75, 3.05) is 13.2 Å². The average Bonchev–Trinajstić information content (AvgIpc) is 2.86. The molecule has 1 saturated heterocycles. The highest BCUT2D eigenvalue weighted by molar-refractivity contribution is 7.18. The number of nitrogens with zero attached hydrogens (tertiary/aromatic N) is 2. The Kier molecular flexibility index (Phi) is 2.90. The zero-order chi connectivity index (χ0) is 11.8. The molecule has 4 nitrogen and oxygen atoms in total. The van der Waals surface area contributed by atoms with E-state index < -0.39 is 0 Å². The highest BCUT2D eigenvalue weighted by Crippen LogP contribution is 2.32. The number of fused-ring (bicyclic) bond motifs is 1. The van der Waals surface area contributed by atoms with Crippen molar-refractivity contribution in [1.29, 1.82) is 0 Å². The minimum Gasteiger partial charge on any atom is -0.471 e. The Balaban J connectivity index is 2.01. The number of thiophene rings is 1. The van der Waals surface area contributed by atoms with Crippen LogP contribution in [0.1, 0.15) is 11.3 Å². The van der Waals surface area contributed by atoms with Gasteiger partial charge < -0.3 is 9.47 Å². The minimum atomic E-state index is 0.0735. The molecule has 6 heteroatoms. The molecule has 1 aliphatic heterocycles. The fourth-order valence-corrected chi connectivity index (χ4v) is 2.93. The van der Waals surface area contributed by atoms with Crippen LogP contribution in [0.4, 0.5) is 0 Å². The Morgan fingerprint density at radius 2 is 2.41 bits per heavy atom. The van der Waals surface area contributed by atoms with E-state index in [1.54, 1.807) is 11.3 Å². The third-order valence-electron chi connectivity index (χ3n) is 2.62. The highest BCUT2D eigenvalue weighted by Gasteiger charge is 2.20. The summed E-state index contributed by atoms with van der Waals surface area (Å²) < 4.78 is 11.1. The Bertz CT molecular complexity index is 552. The summed E-state index contributed by atoms with van der Waals surface area (Å²) in [5.74, 6) is 0.569. The van der Waals surface area contributed by atoms with E-state index in [4.69, 9.17) is 21.1 Å². The summed E-state index contributed by atoms with van der Waals surface area (Å²) >= 11 is 7.48. The number of aromatic nitrogens is 2. The predicted molar refractivity (Wildman–Crippen MR) is 67.0 cm³/mol. The fourth-order valence-electron chi connectivity index (χ4n) is 1.84. The normalized spacial score (nSPS) is 20.0. The summed E-state index contributed by atoms with van der Waals surface area (Å²) in [6.45, 7) is 3.39. The summed E-state index contributed by atoms with van der Waals surface area (Å²) in [6, 6.07) is 2.03. The zero-order valence-electron chi connectivity index (χ0n) is 9.27. The van der Waals surface area contributed by atoms with Crippen LogP contribution in [0.15, 0.2) is 6.07 Å². The van der Waals surface area contributed by atoms with Gasteiger partial charge in [-0.15, -0.1) is 11.3 Å². The smallest absolute Gasteiger partial charge is 0.227 e. The number of aryl methyl sites for hydroxylation is 1. The molecule has 17 heavy (non-hydrogen) atoms. The van der Waals surface area contributed by atoms with E-state index in [1.807, 2.05) is 13.0 Å². The summed E-state index contributed by atoms with van der Waals surface area (Å²) in [5.41, 5.74) is 0. The van der Waals surface area contributed by atoms with Crippen LogP contribution in [0.2, 0.25) is 5.28 Å². The van der Waals surface area contributed by atoms with Crippen molar-refractivity contribution in [2.45, 2.75) is 19.4 Å². The molecule has 90 valence electrons. The SMILES string of the molecule is Cc1cc2c(OC3CCOC3)nc(Cl)nc2s1. The summed E-state index contributed by atoms with van der Waals surface area (Å²) in [6.07, 6.45) is 0.969. The first-order chi connectivity index (χ1) is 8.22. The summed E-state index contributed by atoms with van der Waals surface area (Å²) in [4.78, 5) is 10.4. The van der Waals surface area contributed by atoms with Crippen molar-refractivity contribution >= 4 is 33.2 Å². The van der Waals surface area contributed by atoms with Crippen molar-refractivity contribution in [3.63, 3.8) is 0 Å². The monoisotopic (exact) mass is 270 g/mol. The molecule has 0 amide bonds. The molecule has 1 fully saturated rings. The first-order valence-electron chi connectivity index (χ1n) is 5.40. The van der Waals surface area contributed by atoms with E-state index in [0.29, 0.717) is 12.5 Å². The third-order valence-corrected chi connectivity index (χ3v) is 3.73. The van der Waals surface area contributed by atoms with Crippen LogP contribution in [0.3, 0.4) is 0 Å². The van der Waals surface area contributed by atoms with Gasteiger partial charge in [-0.1, -0.05) is 0 Å². The molecule has 1 aliphatic rings. The van der Waals surface area contributed by atoms with Crippen LogP contribution >= 0.6 is 22.9 Å². The van der Waals surface area contributed by atoms with Crippen molar-refractivity contribution in [1.82, 2.24) is 9.97 Å². The number of hydrogen-bond donors (Lipinski definition) is 0. The van der Waals surface area contributed by atoms with Gasteiger partial charge in [-0.05, 0) is 24.6 Å². The van der Waals surface area contributed by atoms with Crippen LogP contribution in [0.25, 0.3) is 10.2 Å². The maximum absolute atomic E-state index is 5.89. The number of ether oxygens (including phenoxy) is 2. The second kappa shape index (κ2) is 4.40. The topological polar surface area (TPSA) is 44.2 Å². The lowest BCUT2D eigenvalue weighted by Gasteiger charge is -2.11. The molecule has 3 rings (SSSR count). The molecule has 0 aliphatic carbocycles. The van der Waals surface area contributed by atoms with Gasteiger partial charge in [0, 0.05) is 11.3 Å². The molecule has 0 saturated carbocycles. The lowest BCUT2D eigenvalue weighted by Crippen LogP contribution is -2.16. The molecular formula is C11H11ClN2O2S. The van der Waals surface area contributed by atoms with E-state index in [2.05, 4.69) is 9.97 Å². The van der Waals surface area contributed by atoms with Gasteiger partial charge in [-0.3, -0.25) is 0 Å². The Morgan fingerprint density at radius 3 is 3.18 bits per heavy atom. The maximum Gasteiger partial charge on any atom is 0.227 e. The third kappa shape index (κ3) is 2.22. The van der Waals surface area contributed by atoms with Crippen LogP contribution in [0, 0.1) is 6.92 Å². The van der Waals surface area contributed by atoms with Gasteiger partial charge in [-0.2, -0.15) is 4.98 Å². The first-order valence-corrected chi connectivity index (χ1v) is 6.60. The van der Waals surface area contributed by atoms with Crippen LogP contribution in [-0.2, 0) is 4.74 Å². The number of rotatable bonds is 2. The van der Waals surface area contributed by atoms with Gasteiger partial charge in [0.25, 0.3) is 0 Å². The van der Waals surface area contributed by atoms with Gasteiger partial charge in [0.15, 0.2) is 0 Å². The van der Waals surface area contributed by atoms with Crippen LogP contribution in [0.5, 0.6) is 5.88 Å². The van der Waals surface area contributed by atoms with E-state index in [-0.39, 0.29) is 11.4 Å². The highest BCUT2D eigenvalue weighted by atomic mass is 35.5. The van der Waals surface area contributed by atoms with Crippen LogP contribution < -0.4 is 4.74 Å².